The van der Waals surface area contributed by atoms with Gasteiger partial charge in [-0.05, 0) is 64.6 Å². The fourth-order valence-electron chi connectivity index (χ4n) is 2.54. The second-order valence-electron chi connectivity index (χ2n) is 10.4. The first kappa shape index (κ1) is 29.8. The summed E-state index contributed by atoms with van der Waals surface area (Å²) in [7, 11) is -0.244. The standard InChI is InChI=1S/C24H47NO5Si/c1-11-14-21(30-31(9,10)24(5,6)7)16-12-15-20(28-19-27-8)17-13-18-25-22(26)29-23(2,3)4/h11-12,16,20-21H,1,13-15,17-19H2,2-10H3,(H,25,26)/b16-12+/t20-,21-/m0/s1. The summed E-state index contributed by atoms with van der Waals surface area (Å²) in [6.45, 7) is 21.5. The van der Waals surface area contributed by atoms with Gasteiger partial charge < -0.3 is 24.0 Å². The third kappa shape index (κ3) is 14.5. The molecule has 0 radical (unpaired) electrons. The van der Waals surface area contributed by atoms with E-state index in [1.54, 1.807) is 7.11 Å². The van der Waals surface area contributed by atoms with Gasteiger partial charge in [0.05, 0.1) is 12.2 Å². The van der Waals surface area contributed by atoms with E-state index in [9.17, 15) is 4.79 Å². The predicted molar refractivity (Wildman–Crippen MR) is 131 cm³/mol. The normalized spacial score (nSPS) is 15.0. The van der Waals surface area contributed by atoms with Crippen molar-refractivity contribution in [1.82, 2.24) is 5.32 Å². The molecule has 1 amide bonds. The number of rotatable bonds is 14. The molecule has 7 heteroatoms. The Bertz CT molecular complexity index is 549. The molecule has 2 atom stereocenters. The van der Waals surface area contributed by atoms with Crippen molar-refractivity contribution in [3.63, 3.8) is 0 Å². The smallest absolute Gasteiger partial charge is 0.407 e. The molecule has 0 aliphatic carbocycles. The number of nitrogens with one attached hydrogen (secondary N) is 1. The highest BCUT2D eigenvalue weighted by Crippen LogP contribution is 2.37. The first-order valence-corrected chi connectivity index (χ1v) is 14.2. The second-order valence-corrected chi connectivity index (χ2v) is 15.1. The number of alkyl carbamates (subject to hydrolysis) is 1. The molecule has 0 bridgehead atoms. The molecular weight excluding hydrogens is 410 g/mol. The number of hydrogen-bond acceptors (Lipinski definition) is 5. The van der Waals surface area contributed by atoms with Crippen LogP contribution >= 0.6 is 0 Å². The van der Waals surface area contributed by atoms with Crippen LogP contribution in [0.5, 0.6) is 0 Å². The lowest BCUT2D eigenvalue weighted by atomic mass is 10.1. The van der Waals surface area contributed by atoms with Gasteiger partial charge in [-0.25, -0.2) is 4.79 Å². The van der Waals surface area contributed by atoms with Crippen LogP contribution in [0.3, 0.4) is 0 Å². The van der Waals surface area contributed by atoms with Crippen LogP contribution in [0.15, 0.2) is 24.8 Å². The minimum atomic E-state index is -1.86. The SMILES string of the molecule is C=CC[C@@H](/C=C/C[C@@H](CCCNC(=O)OC(C)(C)C)OCOC)O[Si](C)(C)C(C)(C)C. The maximum absolute atomic E-state index is 11.8. The summed E-state index contributed by atoms with van der Waals surface area (Å²) in [4.78, 5) is 11.8. The van der Waals surface area contributed by atoms with Crippen LogP contribution in [0.1, 0.15) is 67.2 Å². The van der Waals surface area contributed by atoms with E-state index in [4.69, 9.17) is 18.6 Å². The molecule has 0 rings (SSSR count). The number of amides is 1. The molecular formula is C24H47NO5Si. The van der Waals surface area contributed by atoms with E-state index in [2.05, 4.69) is 57.9 Å². The Morgan fingerprint density at radius 2 is 1.77 bits per heavy atom. The number of methoxy groups -OCH3 is 1. The maximum atomic E-state index is 11.8. The molecule has 0 aromatic heterocycles. The van der Waals surface area contributed by atoms with Crippen LogP contribution in [-0.4, -0.2) is 52.7 Å². The molecule has 1 N–H and O–H groups in total. The summed E-state index contributed by atoms with van der Waals surface area (Å²) in [6.07, 6.45) is 8.94. The van der Waals surface area contributed by atoms with Crippen molar-refractivity contribution >= 4 is 14.4 Å². The minimum Gasteiger partial charge on any atom is -0.444 e. The summed E-state index contributed by atoms with van der Waals surface area (Å²) in [5.41, 5.74) is -0.493. The lowest BCUT2D eigenvalue weighted by molar-refractivity contribution is -0.0731. The molecule has 0 aliphatic rings. The highest BCUT2D eigenvalue weighted by molar-refractivity contribution is 6.74. The lowest BCUT2D eigenvalue weighted by Crippen LogP contribution is -2.43. The van der Waals surface area contributed by atoms with Gasteiger partial charge in [0.1, 0.15) is 12.4 Å². The zero-order valence-electron chi connectivity index (χ0n) is 21.4. The Hall–Kier alpha value is -1.15. The van der Waals surface area contributed by atoms with E-state index in [0.717, 1.165) is 25.7 Å². The third-order valence-corrected chi connectivity index (χ3v) is 9.70. The van der Waals surface area contributed by atoms with Gasteiger partial charge in [-0.15, -0.1) is 6.58 Å². The zero-order chi connectivity index (χ0) is 24.1. The molecule has 31 heavy (non-hydrogen) atoms. The molecule has 182 valence electrons. The predicted octanol–water partition coefficient (Wildman–Crippen LogP) is 6.19. The molecule has 0 saturated carbocycles. The molecule has 0 saturated heterocycles. The van der Waals surface area contributed by atoms with E-state index >= 15 is 0 Å². The summed E-state index contributed by atoms with van der Waals surface area (Å²) in [6, 6.07) is 0. The summed E-state index contributed by atoms with van der Waals surface area (Å²) >= 11 is 0. The lowest BCUT2D eigenvalue weighted by Gasteiger charge is -2.38. The zero-order valence-corrected chi connectivity index (χ0v) is 22.4. The van der Waals surface area contributed by atoms with E-state index in [0.29, 0.717) is 6.54 Å². The Labute approximate surface area is 191 Å². The monoisotopic (exact) mass is 457 g/mol. The van der Waals surface area contributed by atoms with Crippen molar-refractivity contribution in [2.45, 2.75) is 103 Å². The fraction of sp³-hybridized carbons (Fsp3) is 0.792. The van der Waals surface area contributed by atoms with E-state index in [-0.39, 0.29) is 24.0 Å². The van der Waals surface area contributed by atoms with Gasteiger partial charge in [-0.2, -0.15) is 0 Å². The van der Waals surface area contributed by atoms with Crippen molar-refractivity contribution in [3.8, 4) is 0 Å². The summed E-state index contributed by atoms with van der Waals surface area (Å²) < 4.78 is 22.7. The Kier molecular flexibility index (Phi) is 13.6. The molecule has 0 fully saturated rings. The molecule has 0 aromatic rings. The van der Waals surface area contributed by atoms with Crippen LogP contribution < -0.4 is 5.32 Å². The van der Waals surface area contributed by atoms with Crippen molar-refractivity contribution in [2.75, 3.05) is 20.4 Å². The molecule has 0 heterocycles. The van der Waals surface area contributed by atoms with E-state index in [1.807, 2.05) is 26.8 Å². The van der Waals surface area contributed by atoms with Crippen LogP contribution in [-0.2, 0) is 18.6 Å². The summed E-state index contributed by atoms with van der Waals surface area (Å²) in [5.74, 6) is 0. The van der Waals surface area contributed by atoms with Crippen LogP contribution in [0, 0.1) is 0 Å². The topological polar surface area (TPSA) is 66.0 Å². The highest BCUT2D eigenvalue weighted by atomic mass is 28.4. The fourth-order valence-corrected chi connectivity index (χ4v) is 3.82. The van der Waals surface area contributed by atoms with Crippen molar-refractivity contribution < 1.29 is 23.4 Å². The third-order valence-electron chi connectivity index (χ3n) is 5.19. The minimum absolute atomic E-state index is 0.00823. The number of hydrogen-bond donors (Lipinski definition) is 1. The van der Waals surface area contributed by atoms with E-state index in [1.165, 1.54) is 0 Å². The van der Waals surface area contributed by atoms with Gasteiger partial charge in [0, 0.05) is 13.7 Å². The number of ether oxygens (including phenoxy) is 3. The summed E-state index contributed by atoms with van der Waals surface area (Å²) in [5, 5.41) is 2.95. The van der Waals surface area contributed by atoms with Crippen molar-refractivity contribution in [3.05, 3.63) is 24.8 Å². The molecule has 0 aromatic carbocycles. The average Bonchev–Trinajstić information content (AvgIpc) is 2.60. The Balaban J connectivity index is 4.71. The largest absolute Gasteiger partial charge is 0.444 e. The molecule has 0 spiro atoms. The quantitative estimate of drug-likeness (QED) is 0.146. The van der Waals surface area contributed by atoms with Crippen LogP contribution in [0.25, 0.3) is 0 Å². The molecule has 0 unspecified atom stereocenters. The average molecular weight is 458 g/mol. The second kappa shape index (κ2) is 14.1. The Morgan fingerprint density at radius 3 is 2.29 bits per heavy atom. The molecule has 6 nitrogen and oxygen atoms in total. The highest BCUT2D eigenvalue weighted by Gasteiger charge is 2.38. The van der Waals surface area contributed by atoms with Gasteiger partial charge in [0.25, 0.3) is 0 Å². The first-order valence-electron chi connectivity index (χ1n) is 11.2. The molecule has 0 aliphatic heterocycles. The number of carbonyl (C=O) groups excluding carboxylic acids is 1. The van der Waals surface area contributed by atoms with Gasteiger partial charge >= 0.3 is 6.09 Å². The van der Waals surface area contributed by atoms with Gasteiger partial charge in [-0.3, -0.25) is 0 Å². The van der Waals surface area contributed by atoms with Crippen molar-refractivity contribution in [2.24, 2.45) is 0 Å². The van der Waals surface area contributed by atoms with Crippen molar-refractivity contribution in [1.29, 1.82) is 0 Å². The van der Waals surface area contributed by atoms with Crippen LogP contribution in [0.2, 0.25) is 18.1 Å². The first-order chi connectivity index (χ1) is 14.2. The number of carbonyl (C=O) groups is 1. The van der Waals surface area contributed by atoms with Gasteiger partial charge in [-0.1, -0.05) is 39.0 Å². The van der Waals surface area contributed by atoms with Gasteiger partial charge in [0.2, 0.25) is 0 Å². The maximum Gasteiger partial charge on any atom is 0.407 e. The van der Waals surface area contributed by atoms with Crippen LogP contribution in [0.4, 0.5) is 4.79 Å². The Morgan fingerprint density at radius 1 is 1.13 bits per heavy atom. The van der Waals surface area contributed by atoms with E-state index < -0.39 is 20.0 Å². The van der Waals surface area contributed by atoms with Gasteiger partial charge in [0.15, 0.2) is 8.32 Å².